The topological polar surface area (TPSA) is 46.8 Å². The zero-order chi connectivity index (χ0) is 15.6. The molecule has 0 N–H and O–H groups in total. The molecule has 1 fully saturated rings. The third kappa shape index (κ3) is 3.27. The summed E-state index contributed by atoms with van der Waals surface area (Å²) in [4.78, 5) is 3.75. The van der Waals surface area contributed by atoms with Crippen molar-refractivity contribution in [3.05, 3.63) is 41.7 Å². The lowest BCUT2D eigenvalue weighted by atomic mass is 10.1. The molecule has 1 atom stereocenters. The van der Waals surface area contributed by atoms with Gasteiger partial charge in [0.1, 0.15) is 6.17 Å². The molecular weight excluding hydrogens is 295 g/mol. The number of benzene rings is 1. The fourth-order valence-electron chi connectivity index (χ4n) is 2.76. The Bertz CT molecular complexity index is 594. The second kappa shape index (κ2) is 6.04. The molecule has 1 aromatic heterocycles. The molecule has 22 heavy (non-hydrogen) atoms. The Morgan fingerprint density at radius 2 is 1.91 bits per heavy atom. The zero-order valence-electron chi connectivity index (χ0n) is 11.9. The van der Waals surface area contributed by atoms with E-state index in [0.717, 1.165) is 43.5 Å². The van der Waals surface area contributed by atoms with Crippen LogP contribution < -0.4 is 0 Å². The summed E-state index contributed by atoms with van der Waals surface area (Å²) in [5.74, 6) is 0. The van der Waals surface area contributed by atoms with E-state index in [1.165, 1.54) is 18.5 Å². The number of rotatable bonds is 3. The molecule has 2 heterocycles. The lowest BCUT2D eigenvalue weighted by Crippen LogP contribution is -2.37. The van der Waals surface area contributed by atoms with Crippen molar-refractivity contribution in [2.75, 3.05) is 6.54 Å². The predicted molar refractivity (Wildman–Crippen MR) is 72.6 cm³/mol. The van der Waals surface area contributed by atoms with Crippen molar-refractivity contribution >= 4 is 0 Å². The Kier molecular flexibility index (Phi) is 4.10. The molecule has 8 heteroatoms. The van der Waals surface area contributed by atoms with E-state index in [9.17, 15) is 13.2 Å². The van der Waals surface area contributed by atoms with Gasteiger partial charge in [0.15, 0.2) is 6.33 Å². The van der Waals surface area contributed by atoms with Crippen molar-refractivity contribution in [2.45, 2.75) is 38.1 Å². The van der Waals surface area contributed by atoms with Crippen LogP contribution in [0, 0.1) is 0 Å². The Morgan fingerprint density at radius 3 is 2.55 bits per heavy atom. The number of hydrogen-bond donors (Lipinski definition) is 0. The number of aromatic nitrogens is 4. The van der Waals surface area contributed by atoms with E-state index in [0.29, 0.717) is 6.54 Å². The molecule has 0 bridgehead atoms. The first-order valence-electron chi connectivity index (χ1n) is 7.17. The first-order chi connectivity index (χ1) is 10.5. The summed E-state index contributed by atoms with van der Waals surface area (Å²) in [6, 6.07) is 5.32. The second-order valence-corrected chi connectivity index (χ2v) is 5.40. The minimum absolute atomic E-state index is 0.0125. The highest BCUT2D eigenvalue weighted by molar-refractivity contribution is 5.24. The van der Waals surface area contributed by atoms with Gasteiger partial charge < -0.3 is 0 Å². The van der Waals surface area contributed by atoms with Gasteiger partial charge in [-0.1, -0.05) is 12.1 Å². The van der Waals surface area contributed by atoms with E-state index in [4.69, 9.17) is 0 Å². The van der Waals surface area contributed by atoms with Crippen molar-refractivity contribution in [1.29, 1.82) is 0 Å². The normalized spacial score (nSPS) is 20.2. The van der Waals surface area contributed by atoms with Gasteiger partial charge in [0.05, 0.1) is 5.56 Å². The Labute approximate surface area is 125 Å². The summed E-state index contributed by atoms with van der Waals surface area (Å²) < 4.78 is 37.8. The van der Waals surface area contributed by atoms with Crippen molar-refractivity contribution in [2.24, 2.45) is 0 Å². The van der Waals surface area contributed by atoms with E-state index >= 15 is 0 Å². The quantitative estimate of drug-likeness (QED) is 0.874. The monoisotopic (exact) mass is 311 g/mol. The average molecular weight is 311 g/mol. The smallest absolute Gasteiger partial charge is 0.276 e. The van der Waals surface area contributed by atoms with E-state index in [1.54, 1.807) is 4.80 Å². The van der Waals surface area contributed by atoms with E-state index in [2.05, 4.69) is 20.3 Å². The zero-order valence-corrected chi connectivity index (χ0v) is 11.9. The molecule has 0 aliphatic carbocycles. The highest BCUT2D eigenvalue weighted by Crippen LogP contribution is 2.30. The van der Waals surface area contributed by atoms with E-state index in [1.807, 2.05) is 0 Å². The van der Waals surface area contributed by atoms with Gasteiger partial charge >= 0.3 is 6.18 Å². The fourth-order valence-corrected chi connectivity index (χ4v) is 2.76. The summed E-state index contributed by atoms with van der Waals surface area (Å²) in [5.41, 5.74) is 0.226. The lowest BCUT2D eigenvalue weighted by molar-refractivity contribution is -0.137. The van der Waals surface area contributed by atoms with Gasteiger partial charge in [-0.05, 0) is 42.2 Å². The maximum absolute atomic E-state index is 12.6. The number of piperidine rings is 1. The highest BCUT2D eigenvalue weighted by Gasteiger charge is 2.30. The molecule has 0 unspecified atom stereocenters. The summed E-state index contributed by atoms with van der Waals surface area (Å²) in [6.45, 7) is 1.44. The summed E-state index contributed by atoms with van der Waals surface area (Å²) in [5, 5.41) is 11.8. The van der Waals surface area contributed by atoms with Crippen LogP contribution >= 0.6 is 0 Å². The van der Waals surface area contributed by atoms with Gasteiger partial charge in [-0.15, -0.1) is 15.0 Å². The summed E-state index contributed by atoms with van der Waals surface area (Å²) >= 11 is 0. The fraction of sp³-hybridized carbons (Fsp3) is 0.500. The van der Waals surface area contributed by atoms with Gasteiger partial charge in [-0.2, -0.15) is 13.2 Å². The van der Waals surface area contributed by atoms with Crippen LogP contribution in [0.4, 0.5) is 13.2 Å². The molecule has 0 radical (unpaired) electrons. The molecule has 118 valence electrons. The largest absolute Gasteiger partial charge is 0.416 e. The Hall–Kier alpha value is -1.96. The van der Waals surface area contributed by atoms with Gasteiger partial charge in [0, 0.05) is 13.1 Å². The molecule has 2 aromatic rings. The van der Waals surface area contributed by atoms with Crippen molar-refractivity contribution in [3.8, 4) is 0 Å². The van der Waals surface area contributed by atoms with Crippen LogP contribution in [0.1, 0.15) is 36.6 Å². The second-order valence-electron chi connectivity index (χ2n) is 5.40. The van der Waals surface area contributed by atoms with E-state index < -0.39 is 11.7 Å². The Balaban J connectivity index is 1.73. The molecule has 1 aliphatic heterocycles. The van der Waals surface area contributed by atoms with Crippen LogP contribution in [0.5, 0.6) is 0 Å². The van der Waals surface area contributed by atoms with Gasteiger partial charge in [0.25, 0.3) is 0 Å². The molecule has 1 aliphatic rings. The molecule has 0 saturated carbocycles. The van der Waals surface area contributed by atoms with Crippen molar-refractivity contribution in [3.63, 3.8) is 0 Å². The number of halogens is 3. The Morgan fingerprint density at radius 1 is 1.14 bits per heavy atom. The van der Waals surface area contributed by atoms with Gasteiger partial charge in [-0.3, -0.25) is 4.90 Å². The molecule has 1 saturated heterocycles. The third-order valence-corrected chi connectivity index (χ3v) is 3.88. The van der Waals surface area contributed by atoms with Crippen LogP contribution in [0.15, 0.2) is 30.6 Å². The molecule has 3 rings (SSSR count). The number of likely N-dealkylation sites (tertiary alicyclic amines) is 1. The number of hydrogen-bond acceptors (Lipinski definition) is 4. The molecule has 5 nitrogen and oxygen atoms in total. The summed E-state index contributed by atoms with van der Waals surface area (Å²) in [6.07, 6.45) is 0.166. The van der Waals surface area contributed by atoms with Crippen LogP contribution in [0.3, 0.4) is 0 Å². The molecule has 1 aromatic carbocycles. The number of alkyl halides is 3. The predicted octanol–water partition coefficient (Wildman–Crippen LogP) is 2.88. The van der Waals surface area contributed by atoms with Crippen molar-refractivity contribution in [1.82, 2.24) is 25.1 Å². The minimum atomic E-state index is -4.29. The third-order valence-electron chi connectivity index (χ3n) is 3.88. The standard InChI is InChI=1S/C14H16F3N5/c15-14(16,17)12-6-4-11(5-7-12)9-21-8-2-1-3-13(21)22-19-10-18-20-22/h4-7,10,13H,1-3,8-9H2/t13-/m0/s1. The average Bonchev–Trinajstić information content (AvgIpc) is 3.01. The maximum atomic E-state index is 12.6. The summed E-state index contributed by atoms with van der Waals surface area (Å²) in [7, 11) is 0. The highest BCUT2D eigenvalue weighted by atomic mass is 19.4. The number of nitrogens with zero attached hydrogens (tertiary/aromatic N) is 5. The van der Waals surface area contributed by atoms with Crippen LogP contribution in [0.25, 0.3) is 0 Å². The molecule has 0 spiro atoms. The van der Waals surface area contributed by atoms with Crippen LogP contribution in [0.2, 0.25) is 0 Å². The molecular formula is C14H16F3N5. The van der Waals surface area contributed by atoms with E-state index in [-0.39, 0.29) is 6.17 Å². The molecule has 0 amide bonds. The lowest BCUT2D eigenvalue weighted by Gasteiger charge is -2.34. The number of tetrazole rings is 1. The first-order valence-corrected chi connectivity index (χ1v) is 7.17. The van der Waals surface area contributed by atoms with Crippen LogP contribution in [-0.2, 0) is 12.7 Å². The minimum Gasteiger partial charge on any atom is -0.276 e. The van der Waals surface area contributed by atoms with Gasteiger partial charge in [-0.25, -0.2) is 0 Å². The maximum Gasteiger partial charge on any atom is 0.416 e. The van der Waals surface area contributed by atoms with Gasteiger partial charge in [0.2, 0.25) is 0 Å². The van der Waals surface area contributed by atoms with Crippen molar-refractivity contribution < 1.29 is 13.2 Å². The van der Waals surface area contributed by atoms with Crippen LogP contribution in [-0.4, -0.2) is 31.7 Å². The SMILES string of the molecule is FC(F)(F)c1ccc(CN2CCCC[C@@H]2n2ncnn2)cc1. The first kappa shape index (κ1) is 15.0.